The number of carbonyl (C=O) groups excluding carboxylic acids is 1. The van der Waals surface area contributed by atoms with Gasteiger partial charge in [-0.15, -0.1) is 0 Å². The van der Waals surface area contributed by atoms with E-state index < -0.39 is 0 Å². The van der Waals surface area contributed by atoms with Crippen LogP contribution < -0.4 is 15.8 Å². The summed E-state index contributed by atoms with van der Waals surface area (Å²) < 4.78 is 0. The van der Waals surface area contributed by atoms with E-state index in [1.807, 2.05) is 24.3 Å². The van der Waals surface area contributed by atoms with Gasteiger partial charge in [-0.3, -0.25) is 10.2 Å². The number of benzene rings is 2. The molecule has 1 atom stereocenters. The van der Waals surface area contributed by atoms with Crippen molar-refractivity contribution in [3.8, 4) is 5.75 Å². The Morgan fingerprint density at radius 1 is 1.23 bits per heavy atom. The lowest BCUT2D eigenvalue weighted by atomic mass is 10.1. The molecule has 4 N–H and O–H groups in total. The Morgan fingerprint density at radius 3 is 2.64 bits per heavy atom. The lowest BCUT2D eigenvalue weighted by Gasteiger charge is -2.20. The number of amides is 1. The summed E-state index contributed by atoms with van der Waals surface area (Å²) in [5, 5.41) is 11.9. The van der Waals surface area contributed by atoms with Crippen molar-refractivity contribution in [2.45, 2.75) is 6.42 Å². The summed E-state index contributed by atoms with van der Waals surface area (Å²) in [6.45, 7) is 1.98. The van der Waals surface area contributed by atoms with E-state index in [9.17, 15) is 9.90 Å². The topological polar surface area (TPSA) is 65.8 Å². The van der Waals surface area contributed by atoms with Crippen LogP contribution in [0.5, 0.6) is 5.75 Å². The number of hydrogen-bond acceptors (Lipinski definition) is 3. The first kappa shape index (κ1) is 14.4. The quantitative estimate of drug-likeness (QED) is 0.627. The molecule has 0 fully saturated rings. The molecule has 1 aliphatic rings. The van der Waals surface area contributed by atoms with Gasteiger partial charge < -0.3 is 15.4 Å². The number of hydrogen-bond donors (Lipinski definition) is 4. The van der Waals surface area contributed by atoms with Crippen molar-refractivity contribution in [2.24, 2.45) is 0 Å². The van der Waals surface area contributed by atoms with E-state index in [4.69, 9.17) is 0 Å². The van der Waals surface area contributed by atoms with Crippen molar-refractivity contribution < 1.29 is 14.8 Å². The van der Waals surface area contributed by atoms with E-state index in [0.717, 1.165) is 36.0 Å². The van der Waals surface area contributed by atoms with Crippen LogP contribution in [0, 0.1) is 0 Å². The first-order valence-corrected chi connectivity index (χ1v) is 7.42. The Morgan fingerprint density at radius 2 is 1.95 bits per heavy atom. The van der Waals surface area contributed by atoms with Crippen LogP contribution in [-0.4, -0.2) is 31.2 Å². The summed E-state index contributed by atoms with van der Waals surface area (Å²) in [4.78, 5) is 13.7. The zero-order valence-corrected chi connectivity index (χ0v) is 12.5. The molecule has 0 saturated heterocycles. The molecule has 1 unspecified atom stereocenters. The van der Waals surface area contributed by atoms with Gasteiger partial charge in [0.25, 0.3) is 5.91 Å². The van der Waals surface area contributed by atoms with E-state index >= 15 is 0 Å². The van der Waals surface area contributed by atoms with Crippen LogP contribution in [0.25, 0.3) is 10.8 Å². The average Bonchev–Trinajstić information content (AvgIpc) is 2.53. The molecular formula is C17H20N3O2+. The van der Waals surface area contributed by atoms with Crippen molar-refractivity contribution in [3.05, 3.63) is 53.7 Å². The molecule has 1 amide bonds. The molecule has 0 spiro atoms. The third kappa shape index (κ3) is 3.04. The van der Waals surface area contributed by atoms with E-state index in [0.29, 0.717) is 0 Å². The second-order valence-electron chi connectivity index (χ2n) is 5.69. The van der Waals surface area contributed by atoms with Crippen LogP contribution in [0.3, 0.4) is 0 Å². The lowest BCUT2D eigenvalue weighted by molar-refractivity contribution is -0.875. The summed E-state index contributed by atoms with van der Waals surface area (Å²) in [6.07, 6.45) is 2.98. The molecule has 22 heavy (non-hydrogen) atoms. The van der Waals surface area contributed by atoms with Crippen molar-refractivity contribution in [1.82, 2.24) is 10.9 Å². The number of phenolic OH excluding ortho intramolecular Hbond substituents is 1. The molecule has 5 heteroatoms. The minimum atomic E-state index is -0.338. The lowest BCUT2D eigenvalue weighted by Crippen LogP contribution is -3.09. The molecule has 0 aromatic heterocycles. The summed E-state index contributed by atoms with van der Waals surface area (Å²) in [7, 11) is 2.14. The highest BCUT2D eigenvalue weighted by atomic mass is 16.3. The smallest absolute Gasteiger partial charge is 0.273 e. The monoisotopic (exact) mass is 298 g/mol. The Kier molecular flexibility index (Phi) is 3.98. The summed E-state index contributed by atoms with van der Waals surface area (Å²) in [5.41, 5.74) is 6.90. The number of hydrazine groups is 1. The summed E-state index contributed by atoms with van der Waals surface area (Å²) in [6, 6.07) is 10.9. The van der Waals surface area contributed by atoms with Crippen molar-refractivity contribution in [2.75, 3.05) is 20.1 Å². The maximum absolute atomic E-state index is 12.3. The van der Waals surface area contributed by atoms with Crippen LogP contribution in [0.1, 0.15) is 16.8 Å². The van der Waals surface area contributed by atoms with Gasteiger partial charge in [0.1, 0.15) is 5.75 Å². The third-order valence-electron chi connectivity index (χ3n) is 3.96. The second-order valence-corrected chi connectivity index (χ2v) is 5.69. The van der Waals surface area contributed by atoms with Crippen LogP contribution >= 0.6 is 0 Å². The van der Waals surface area contributed by atoms with Gasteiger partial charge in [0.05, 0.1) is 25.7 Å². The van der Waals surface area contributed by atoms with Crippen molar-refractivity contribution >= 4 is 16.7 Å². The van der Waals surface area contributed by atoms with Crippen LogP contribution in [-0.2, 0) is 0 Å². The van der Waals surface area contributed by atoms with E-state index in [1.54, 1.807) is 12.1 Å². The fraction of sp³-hybridized carbons (Fsp3) is 0.235. The second kappa shape index (κ2) is 6.07. The minimum absolute atomic E-state index is 0.0141. The van der Waals surface area contributed by atoms with Gasteiger partial charge in [-0.1, -0.05) is 24.3 Å². The minimum Gasteiger partial charge on any atom is -0.507 e. The molecule has 0 aliphatic carbocycles. The molecule has 0 bridgehead atoms. The normalized spacial score (nSPS) is 17.9. The Labute approximate surface area is 129 Å². The van der Waals surface area contributed by atoms with E-state index in [-0.39, 0.29) is 17.2 Å². The SMILES string of the molecule is C[NH+]1CC=C(NNC(=O)c2cc3ccccc3cc2O)CC1. The van der Waals surface area contributed by atoms with Gasteiger partial charge in [0.15, 0.2) is 0 Å². The Bertz CT molecular complexity index is 740. The maximum Gasteiger partial charge on any atom is 0.273 e. The zero-order valence-electron chi connectivity index (χ0n) is 12.5. The Balaban J connectivity index is 1.73. The fourth-order valence-corrected chi connectivity index (χ4v) is 2.58. The number of quaternary nitrogens is 1. The largest absolute Gasteiger partial charge is 0.507 e. The van der Waals surface area contributed by atoms with Gasteiger partial charge >= 0.3 is 0 Å². The first-order chi connectivity index (χ1) is 10.6. The van der Waals surface area contributed by atoms with Crippen LogP contribution in [0.2, 0.25) is 0 Å². The fourth-order valence-electron chi connectivity index (χ4n) is 2.58. The van der Waals surface area contributed by atoms with Crippen LogP contribution in [0.4, 0.5) is 0 Å². The molecule has 3 rings (SSSR count). The number of nitrogens with one attached hydrogen (secondary N) is 3. The highest BCUT2D eigenvalue weighted by molar-refractivity contribution is 6.01. The zero-order chi connectivity index (χ0) is 15.5. The molecule has 114 valence electrons. The number of fused-ring (bicyclic) bond motifs is 1. The summed E-state index contributed by atoms with van der Waals surface area (Å²) >= 11 is 0. The van der Waals surface area contributed by atoms with Gasteiger partial charge in [-0.05, 0) is 29.0 Å². The van der Waals surface area contributed by atoms with Crippen molar-refractivity contribution in [1.29, 1.82) is 0 Å². The molecule has 1 aliphatic heterocycles. The molecule has 5 nitrogen and oxygen atoms in total. The Hall–Kier alpha value is -2.53. The number of carbonyl (C=O) groups is 1. The number of aromatic hydroxyl groups is 1. The molecule has 2 aromatic carbocycles. The van der Waals surface area contributed by atoms with Gasteiger partial charge in [0.2, 0.25) is 0 Å². The third-order valence-corrected chi connectivity index (χ3v) is 3.96. The predicted molar refractivity (Wildman–Crippen MR) is 85.5 cm³/mol. The highest BCUT2D eigenvalue weighted by Crippen LogP contribution is 2.24. The van der Waals surface area contributed by atoms with Crippen molar-refractivity contribution in [3.63, 3.8) is 0 Å². The highest BCUT2D eigenvalue weighted by Gasteiger charge is 2.14. The molecule has 2 aromatic rings. The standard InChI is InChI=1S/C17H19N3O2/c1-20-8-6-14(7-9-20)18-19-17(22)15-10-12-4-2-3-5-13(12)11-16(15)21/h2-6,10-11,18,21H,7-9H2,1H3,(H,19,22)/p+1. The van der Waals surface area contributed by atoms with Gasteiger partial charge in [-0.25, -0.2) is 0 Å². The molecule has 0 saturated carbocycles. The number of rotatable bonds is 3. The van der Waals surface area contributed by atoms with Gasteiger partial charge in [0, 0.05) is 12.1 Å². The first-order valence-electron chi connectivity index (χ1n) is 7.42. The van der Waals surface area contributed by atoms with Gasteiger partial charge in [-0.2, -0.15) is 0 Å². The molecule has 0 radical (unpaired) electrons. The molecule has 1 heterocycles. The number of likely N-dealkylation sites (N-methyl/N-ethyl adjacent to an activating group) is 1. The molecular weight excluding hydrogens is 278 g/mol. The maximum atomic E-state index is 12.3. The predicted octanol–water partition coefficient (Wildman–Crippen LogP) is 0.582. The average molecular weight is 298 g/mol. The number of phenols is 1. The summed E-state index contributed by atoms with van der Waals surface area (Å²) in [5.74, 6) is -0.352. The van der Waals surface area contributed by atoms with E-state index in [2.05, 4.69) is 24.0 Å². The van der Waals surface area contributed by atoms with E-state index in [1.165, 1.54) is 4.90 Å². The van der Waals surface area contributed by atoms with Crippen LogP contribution in [0.15, 0.2) is 48.2 Å².